The Hall–Kier alpha value is -1.31. The first-order valence-electron chi connectivity index (χ1n) is 6.52. The molecule has 4 heteroatoms. The monoisotopic (exact) mass is 279 g/mol. The van der Waals surface area contributed by atoms with Crippen molar-refractivity contribution in [1.29, 1.82) is 0 Å². The molecule has 0 radical (unpaired) electrons. The molecule has 0 fully saturated rings. The van der Waals surface area contributed by atoms with E-state index >= 15 is 0 Å². The number of thiophene rings is 1. The van der Waals surface area contributed by atoms with E-state index in [0.29, 0.717) is 4.88 Å². The maximum absolute atomic E-state index is 12.4. The molecule has 0 unspecified atom stereocenters. The highest BCUT2D eigenvalue weighted by atomic mass is 32.1. The van der Waals surface area contributed by atoms with E-state index in [1.165, 1.54) is 11.3 Å². The maximum Gasteiger partial charge on any atom is 0.263 e. The lowest BCUT2D eigenvalue weighted by molar-refractivity contribution is 0.0728. The summed E-state index contributed by atoms with van der Waals surface area (Å²) >= 11 is 1.40. The van der Waals surface area contributed by atoms with Crippen molar-refractivity contribution in [3.8, 4) is 11.8 Å². The predicted octanol–water partition coefficient (Wildman–Crippen LogP) is 2.66. The van der Waals surface area contributed by atoms with Crippen molar-refractivity contribution in [3.63, 3.8) is 0 Å². The van der Waals surface area contributed by atoms with Gasteiger partial charge in [-0.2, -0.15) is 0 Å². The zero-order chi connectivity index (χ0) is 14.4. The molecule has 0 aliphatic rings. The first kappa shape index (κ1) is 15.7. The Labute approximate surface area is 119 Å². The van der Waals surface area contributed by atoms with Gasteiger partial charge in [0.1, 0.15) is 6.61 Å². The first-order valence-corrected chi connectivity index (χ1v) is 7.34. The number of carbonyl (C=O) groups excluding carboxylic acids is 1. The second-order valence-electron chi connectivity index (χ2n) is 4.47. The third-order valence-electron chi connectivity index (χ3n) is 3.22. The van der Waals surface area contributed by atoms with Gasteiger partial charge in [0.2, 0.25) is 0 Å². The van der Waals surface area contributed by atoms with Crippen LogP contribution in [-0.2, 0) is 0 Å². The molecule has 0 saturated carbocycles. The molecular weight excluding hydrogens is 258 g/mol. The Morgan fingerprint density at radius 2 is 2.11 bits per heavy atom. The molecule has 0 bridgehead atoms. The number of hydrogen-bond donors (Lipinski definition) is 1. The third-order valence-corrected chi connectivity index (χ3v) is 4.36. The van der Waals surface area contributed by atoms with Crippen LogP contribution in [0.5, 0.6) is 0 Å². The zero-order valence-electron chi connectivity index (χ0n) is 12.0. The van der Waals surface area contributed by atoms with Gasteiger partial charge >= 0.3 is 0 Å². The first-order chi connectivity index (χ1) is 9.04. The highest BCUT2D eigenvalue weighted by Crippen LogP contribution is 2.23. The number of amides is 1. The Kier molecular flexibility index (Phi) is 6.07. The molecule has 0 aromatic carbocycles. The SMILES string of the molecule is CCC(CC)N(C)C(=O)c1cc(C)c(C#CCO)s1. The lowest BCUT2D eigenvalue weighted by atomic mass is 10.1. The Bertz CT molecular complexity index is 492. The normalized spacial score (nSPS) is 10.2. The lowest BCUT2D eigenvalue weighted by Crippen LogP contribution is -2.35. The number of aryl methyl sites for hydroxylation is 1. The molecule has 19 heavy (non-hydrogen) atoms. The van der Waals surface area contributed by atoms with Crippen molar-refractivity contribution in [1.82, 2.24) is 4.90 Å². The van der Waals surface area contributed by atoms with Crippen molar-refractivity contribution in [3.05, 3.63) is 21.4 Å². The van der Waals surface area contributed by atoms with Crippen LogP contribution in [0.2, 0.25) is 0 Å². The molecule has 104 valence electrons. The summed E-state index contributed by atoms with van der Waals surface area (Å²) < 4.78 is 0. The molecule has 0 saturated heterocycles. The van der Waals surface area contributed by atoms with E-state index < -0.39 is 0 Å². The van der Waals surface area contributed by atoms with E-state index in [1.54, 1.807) is 0 Å². The van der Waals surface area contributed by atoms with Gasteiger partial charge in [-0.05, 0) is 31.4 Å². The maximum atomic E-state index is 12.4. The van der Waals surface area contributed by atoms with E-state index in [2.05, 4.69) is 25.7 Å². The largest absolute Gasteiger partial charge is 0.384 e. The van der Waals surface area contributed by atoms with Gasteiger partial charge in [-0.15, -0.1) is 11.3 Å². The van der Waals surface area contributed by atoms with Crippen molar-refractivity contribution in [2.45, 2.75) is 39.7 Å². The highest BCUT2D eigenvalue weighted by Gasteiger charge is 2.20. The fourth-order valence-corrected chi connectivity index (χ4v) is 3.04. The Morgan fingerprint density at radius 3 is 2.63 bits per heavy atom. The summed E-state index contributed by atoms with van der Waals surface area (Å²) in [5.41, 5.74) is 0.993. The van der Waals surface area contributed by atoms with Crippen LogP contribution in [0, 0.1) is 18.8 Å². The molecule has 0 aliphatic heterocycles. The second kappa shape index (κ2) is 7.32. The summed E-state index contributed by atoms with van der Waals surface area (Å²) in [6.07, 6.45) is 1.92. The van der Waals surface area contributed by atoms with E-state index in [1.807, 2.05) is 24.9 Å². The average Bonchev–Trinajstić information content (AvgIpc) is 2.78. The van der Waals surface area contributed by atoms with Crippen LogP contribution in [-0.4, -0.2) is 35.6 Å². The van der Waals surface area contributed by atoms with Gasteiger partial charge in [0.05, 0.1) is 9.75 Å². The number of carbonyl (C=O) groups is 1. The summed E-state index contributed by atoms with van der Waals surface area (Å²) in [6, 6.07) is 2.16. The van der Waals surface area contributed by atoms with Gasteiger partial charge < -0.3 is 10.0 Å². The van der Waals surface area contributed by atoms with E-state index in [4.69, 9.17) is 5.11 Å². The van der Waals surface area contributed by atoms with Crippen molar-refractivity contribution >= 4 is 17.2 Å². The lowest BCUT2D eigenvalue weighted by Gasteiger charge is -2.25. The van der Waals surface area contributed by atoms with Crippen LogP contribution >= 0.6 is 11.3 Å². The molecule has 1 heterocycles. The molecule has 1 N–H and O–H groups in total. The van der Waals surface area contributed by atoms with Gasteiger partial charge in [-0.3, -0.25) is 4.79 Å². The summed E-state index contributed by atoms with van der Waals surface area (Å²) in [6.45, 7) is 5.96. The van der Waals surface area contributed by atoms with Crippen LogP contribution in [0.4, 0.5) is 0 Å². The topological polar surface area (TPSA) is 40.5 Å². The minimum absolute atomic E-state index is 0.0545. The van der Waals surface area contributed by atoms with Crippen LogP contribution < -0.4 is 0 Å². The van der Waals surface area contributed by atoms with Gasteiger partial charge in [0, 0.05) is 13.1 Å². The minimum atomic E-state index is -0.158. The number of hydrogen-bond acceptors (Lipinski definition) is 3. The van der Waals surface area contributed by atoms with Gasteiger partial charge in [-0.25, -0.2) is 0 Å². The van der Waals surface area contributed by atoms with Gasteiger partial charge in [0.25, 0.3) is 5.91 Å². The standard InChI is InChI=1S/C15H21NO2S/c1-5-12(6-2)16(4)15(18)14-10-11(3)13(19-14)8-7-9-17/h10,12,17H,5-6,9H2,1-4H3. The van der Waals surface area contributed by atoms with E-state index in [-0.39, 0.29) is 18.6 Å². The average molecular weight is 279 g/mol. The number of rotatable bonds is 4. The zero-order valence-corrected chi connectivity index (χ0v) is 12.8. The molecule has 0 atom stereocenters. The van der Waals surface area contributed by atoms with Crippen LogP contribution in [0.1, 0.15) is 46.8 Å². The molecule has 1 amide bonds. The number of nitrogens with zero attached hydrogens (tertiary/aromatic N) is 1. The quantitative estimate of drug-likeness (QED) is 0.861. The van der Waals surface area contributed by atoms with Gasteiger partial charge in [0.15, 0.2) is 0 Å². The summed E-state index contributed by atoms with van der Waals surface area (Å²) in [5, 5.41) is 8.72. The fourth-order valence-electron chi connectivity index (χ4n) is 2.01. The minimum Gasteiger partial charge on any atom is -0.384 e. The number of aliphatic hydroxyl groups excluding tert-OH is 1. The van der Waals surface area contributed by atoms with E-state index in [0.717, 1.165) is 23.3 Å². The number of aliphatic hydroxyl groups is 1. The van der Waals surface area contributed by atoms with Crippen LogP contribution in [0.15, 0.2) is 6.07 Å². The van der Waals surface area contributed by atoms with Crippen LogP contribution in [0.3, 0.4) is 0 Å². The molecule has 3 nitrogen and oxygen atoms in total. The fraction of sp³-hybridized carbons (Fsp3) is 0.533. The molecule has 0 spiro atoms. The highest BCUT2D eigenvalue weighted by molar-refractivity contribution is 7.14. The molecule has 1 aromatic heterocycles. The summed E-state index contributed by atoms with van der Waals surface area (Å²) in [4.78, 5) is 15.8. The smallest absolute Gasteiger partial charge is 0.263 e. The third kappa shape index (κ3) is 3.82. The molecule has 1 rings (SSSR count). The predicted molar refractivity (Wildman–Crippen MR) is 79.5 cm³/mol. The Balaban J connectivity index is 2.94. The van der Waals surface area contributed by atoms with E-state index in [9.17, 15) is 4.79 Å². The van der Waals surface area contributed by atoms with Crippen molar-refractivity contribution in [2.75, 3.05) is 13.7 Å². The molecule has 0 aliphatic carbocycles. The summed E-state index contributed by atoms with van der Waals surface area (Å²) in [7, 11) is 1.86. The van der Waals surface area contributed by atoms with Crippen LogP contribution in [0.25, 0.3) is 0 Å². The van der Waals surface area contributed by atoms with Crippen molar-refractivity contribution < 1.29 is 9.90 Å². The van der Waals surface area contributed by atoms with Gasteiger partial charge in [-0.1, -0.05) is 25.7 Å². The van der Waals surface area contributed by atoms with Crippen molar-refractivity contribution in [2.24, 2.45) is 0 Å². The second-order valence-corrected chi connectivity index (χ2v) is 5.52. The Morgan fingerprint density at radius 1 is 1.47 bits per heavy atom. The summed E-state index contributed by atoms with van der Waals surface area (Å²) in [5.74, 6) is 5.56. The molecule has 1 aromatic rings. The molecular formula is C15H21NO2S.